The average molecular weight is 346 g/mol. The van der Waals surface area contributed by atoms with E-state index in [9.17, 15) is 0 Å². The molecule has 0 saturated carbocycles. The third kappa shape index (κ3) is 5.27. The Balaban J connectivity index is 1.81. The van der Waals surface area contributed by atoms with E-state index in [-0.39, 0.29) is 12.1 Å². The van der Waals surface area contributed by atoms with Crippen LogP contribution >= 0.6 is 0 Å². The molecule has 0 heterocycles. The maximum absolute atomic E-state index is 6.41. The van der Waals surface area contributed by atoms with Gasteiger partial charge in [0.05, 0.1) is 0 Å². The Morgan fingerprint density at radius 3 is 1.58 bits per heavy atom. The summed E-state index contributed by atoms with van der Waals surface area (Å²) in [6.45, 7) is 3.39. The fraction of sp³-hybridized carbons (Fsp3) is 0.217. The normalized spacial score (nSPS) is 13.5. The molecule has 3 heteroatoms. The van der Waals surface area contributed by atoms with Crippen LogP contribution in [-0.4, -0.2) is 11.1 Å². The maximum Gasteiger partial charge on any atom is 0.119 e. The summed E-state index contributed by atoms with van der Waals surface area (Å²) < 4.78 is 0. The minimum atomic E-state index is -0.191. The lowest BCUT2D eigenvalue weighted by atomic mass is 10.0. The lowest BCUT2D eigenvalue weighted by Gasteiger charge is -2.30. The minimum Gasteiger partial charge on any atom is -0.325 e. The predicted octanol–water partition coefficient (Wildman–Crippen LogP) is 4.71. The molecule has 2 unspecified atom stereocenters. The van der Waals surface area contributed by atoms with Crippen molar-refractivity contribution in [3.05, 3.63) is 108 Å². The highest BCUT2D eigenvalue weighted by Gasteiger charge is 2.21. The average Bonchev–Trinajstić information content (AvgIpc) is 2.68. The SMILES string of the molecule is CC(N)C(ON(Cc1ccccc1)Cc1ccccc1)c1ccccc1. The standard InChI is InChI=1S/C23H26N2O/c1-19(24)23(22-15-9-4-10-16-22)26-25(17-20-11-5-2-6-12-20)18-21-13-7-3-8-14-21/h2-16,19,23H,17-18,24H2,1H3. The third-order valence-corrected chi connectivity index (χ3v) is 4.27. The van der Waals surface area contributed by atoms with Crippen molar-refractivity contribution in [1.82, 2.24) is 5.06 Å². The van der Waals surface area contributed by atoms with Crippen LogP contribution in [-0.2, 0) is 17.9 Å². The Bertz CT molecular complexity index is 718. The van der Waals surface area contributed by atoms with Crippen molar-refractivity contribution in [1.29, 1.82) is 0 Å². The van der Waals surface area contributed by atoms with E-state index in [0.717, 1.165) is 5.56 Å². The molecule has 3 aromatic carbocycles. The molecule has 2 N–H and O–H groups in total. The number of nitrogens with two attached hydrogens (primary N) is 1. The van der Waals surface area contributed by atoms with Crippen molar-refractivity contribution in [2.75, 3.05) is 0 Å². The van der Waals surface area contributed by atoms with Gasteiger partial charge in [0.25, 0.3) is 0 Å². The van der Waals surface area contributed by atoms with Crippen LogP contribution in [0, 0.1) is 0 Å². The first-order valence-corrected chi connectivity index (χ1v) is 9.02. The van der Waals surface area contributed by atoms with Crippen LogP contribution in [0.3, 0.4) is 0 Å². The Hall–Kier alpha value is -2.46. The Labute approximate surface area is 156 Å². The van der Waals surface area contributed by atoms with Crippen molar-refractivity contribution in [2.45, 2.75) is 32.2 Å². The summed E-state index contributed by atoms with van der Waals surface area (Å²) in [5.41, 5.74) is 9.76. The first-order chi connectivity index (χ1) is 12.7. The molecule has 26 heavy (non-hydrogen) atoms. The van der Waals surface area contributed by atoms with E-state index < -0.39 is 0 Å². The van der Waals surface area contributed by atoms with Crippen LogP contribution in [0.1, 0.15) is 29.7 Å². The molecule has 0 amide bonds. The molecular weight excluding hydrogens is 320 g/mol. The fourth-order valence-corrected chi connectivity index (χ4v) is 2.97. The van der Waals surface area contributed by atoms with Crippen LogP contribution in [0.4, 0.5) is 0 Å². The molecule has 0 radical (unpaired) electrons. The van der Waals surface area contributed by atoms with Crippen LogP contribution in [0.25, 0.3) is 0 Å². The molecule has 0 aliphatic carbocycles. The monoisotopic (exact) mass is 346 g/mol. The van der Waals surface area contributed by atoms with Crippen LogP contribution in [0.15, 0.2) is 91.0 Å². The number of hydroxylamine groups is 2. The molecule has 3 rings (SSSR count). The van der Waals surface area contributed by atoms with Crippen molar-refractivity contribution in [3.63, 3.8) is 0 Å². The molecule has 0 bridgehead atoms. The summed E-state index contributed by atoms with van der Waals surface area (Å²) in [5, 5.41) is 2.01. The van der Waals surface area contributed by atoms with Crippen molar-refractivity contribution < 1.29 is 4.84 Å². The topological polar surface area (TPSA) is 38.5 Å². The minimum absolute atomic E-state index is 0.119. The van der Waals surface area contributed by atoms with Gasteiger partial charge in [-0.25, -0.2) is 0 Å². The largest absolute Gasteiger partial charge is 0.325 e. The number of benzene rings is 3. The smallest absolute Gasteiger partial charge is 0.119 e. The van der Waals surface area contributed by atoms with Crippen LogP contribution < -0.4 is 5.73 Å². The summed E-state index contributed by atoms with van der Waals surface area (Å²) in [4.78, 5) is 6.41. The Kier molecular flexibility index (Phi) is 6.56. The number of hydrogen-bond acceptors (Lipinski definition) is 3. The zero-order valence-corrected chi connectivity index (χ0v) is 15.2. The highest BCUT2D eigenvalue weighted by molar-refractivity contribution is 5.19. The van der Waals surface area contributed by atoms with Gasteiger partial charge in [-0.05, 0) is 23.6 Å². The number of nitrogens with zero attached hydrogens (tertiary/aromatic N) is 1. The second-order valence-electron chi connectivity index (χ2n) is 6.57. The predicted molar refractivity (Wildman–Crippen MR) is 106 cm³/mol. The molecule has 134 valence electrons. The van der Waals surface area contributed by atoms with Gasteiger partial charge >= 0.3 is 0 Å². The Morgan fingerprint density at radius 2 is 1.15 bits per heavy atom. The zero-order valence-electron chi connectivity index (χ0n) is 15.2. The van der Waals surface area contributed by atoms with Gasteiger partial charge in [-0.3, -0.25) is 4.84 Å². The fourth-order valence-electron chi connectivity index (χ4n) is 2.97. The maximum atomic E-state index is 6.41. The van der Waals surface area contributed by atoms with Gasteiger partial charge in [0.15, 0.2) is 0 Å². The zero-order chi connectivity index (χ0) is 18.2. The molecule has 3 aromatic rings. The van der Waals surface area contributed by atoms with Gasteiger partial charge in [0, 0.05) is 19.1 Å². The Morgan fingerprint density at radius 1 is 0.731 bits per heavy atom. The molecular formula is C23H26N2O. The summed E-state index contributed by atoms with van der Waals surface area (Å²) >= 11 is 0. The van der Waals surface area contributed by atoms with Crippen molar-refractivity contribution in [3.8, 4) is 0 Å². The lowest BCUT2D eigenvalue weighted by Crippen LogP contribution is -2.34. The third-order valence-electron chi connectivity index (χ3n) is 4.27. The van der Waals surface area contributed by atoms with E-state index in [0.29, 0.717) is 13.1 Å². The van der Waals surface area contributed by atoms with Gasteiger partial charge in [-0.15, -0.1) is 0 Å². The first-order valence-electron chi connectivity index (χ1n) is 9.02. The van der Waals surface area contributed by atoms with Crippen LogP contribution in [0.2, 0.25) is 0 Å². The van der Waals surface area contributed by atoms with E-state index in [1.165, 1.54) is 11.1 Å². The van der Waals surface area contributed by atoms with E-state index in [2.05, 4.69) is 60.7 Å². The highest BCUT2D eigenvalue weighted by atomic mass is 16.7. The highest BCUT2D eigenvalue weighted by Crippen LogP contribution is 2.24. The van der Waals surface area contributed by atoms with Crippen molar-refractivity contribution >= 4 is 0 Å². The summed E-state index contributed by atoms with van der Waals surface area (Å²) in [6, 6.07) is 30.8. The van der Waals surface area contributed by atoms with Gasteiger partial charge in [0.1, 0.15) is 6.10 Å². The van der Waals surface area contributed by atoms with E-state index in [1.807, 2.05) is 42.3 Å². The second-order valence-corrected chi connectivity index (χ2v) is 6.57. The lowest BCUT2D eigenvalue weighted by molar-refractivity contribution is -0.218. The second kappa shape index (κ2) is 9.30. The molecule has 3 nitrogen and oxygen atoms in total. The molecule has 0 spiro atoms. The van der Waals surface area contributed by atoms with Gasteiger partial charge in [-0.1, -0.05) is 91.0 Å². The van der Waals surface area contributed by atoms with E-state index in [4.69, 9.17) is 10.6 Å². The molecule has 0 aromatic heterocycles. The van der Waals surface area contributed by atoms with Gasteiger partial charge < -0.3 is 5.73 Å². The molecule has 0 fully saturated rings. The van der Waals surface area contributed by atoms with E-state index >= 15 is 0 Å². The van der Waals surface area contributed by atoms with Gasteiger partial charge in [0.2, 0.25) is 0 Å². The van der Waals surface area contributed by atoms with Crippen molar-refractivity contribution in [2.24, 2.45) is 5.73 Å². The first kappa shape index (κ1) is 18.3. The molecule has 0 saturated heterocycles. The summed E-state index contributed by atoms with van der Waals surface area (Å²) in [7, 11) is 0. The molecule has 0 aliphatic heterocycles. The molecule has 0 aliphatic rings. The summed E-state index contributed by atoms with van der Waals surface area (Å²) in [5.74, 6) is 0. The number of rotatable bonds is 8. The van der Waals surface area contributed by atoms with Crippen LogP contribution in [0.5, 0.6) is 0 Å². The van der Waals surface area contributed by atoms with Gasteiger partial charge in [-0.2, -0.15) is 5.06 Å². The summed E-state index contributed by atoms with van der Waals surface area (Å²) in [6.07, 6.45) is -0.191. The molecule has 2 atom stereocenters. The quantitative estimate of drug-likeness (QED) is 0.600. The number of hydrogen-bond donors (Lipinski definition) is 1. The van der Waals surface area contributed by atoms with E-state index in [1.54, 1.807) is 0 Å².